The molecule has 0 spiro atoms. The van der Waals surface area contributed by atoms with Crippen molar-refractivity contribution in [2.45, 2.75) is 13.4 Å². The predicted molar refractivity (Wildman–Crippen MR) is 117 cm³/mol. The van der Waals surface area contributed by atoms with Crippen LogP contribution in [0.3, 0.4) is 0 Å². The fourth-order valence-corrected chi connectivity index (χ4v) is 0. The van der Waals surface area contributed by atoms with Crippen LogP contribution < -0.4 is 0 Å². The zero-order chi connectivity index (χ0) is 12.9. The number of allylic oxidation sites excluding steroid dienone is 3. The van der Waals surface area contributed by atoms with Crippen molar-refractivity contribution < 1.29 is 0 Å². The van der Waals surface area contributed by atoms with E-state index >= 15 is 0 Å². The van der Waals surface area contributed by atoms with Crippen molar-refractivity contribution >= 4 is 166 Å². The van der Waals surface area contributed by atoms with Crippen LogP contribution in [0.25, 0.3) is 0 Å². The Hall–Kier alpha value is 4.47. The number of hydrogen-bond acceptors (Lipinski definition) is 0. The average molecular weight is 985 g/mol. The Bertz CT molecular complexity index is 165. The molecule has 0 aromatic rings. The molecule has 0 unspecified atom stereocenters. The first kappa shape index (κ1) is 38.2. The summed E-state index contributed by atoms with van der Waals surface area (Å²) in [5, 5.41) is 0. The van der Waals surface area contributed by atoms with Crippen LogP contribution in [0.15, 0.2) is 33.2 Å². The Balaban J connectivity index is -0.0000000277. The molecule has 0 saturated heterocycles. The minimum atomic E-state index is 0. The first-order valence-corrected chi connectivity index (χ1v) is 10.9. The third kappa shape index (κ3) is 70.8. The summed E-state index contributed by atoms with van der Waals surface area (Å²) in [6, 6.07) is 0. The third-order valence-electron chi connectivity index (χ3n) is 0.470. The Labute approximate surface area is 208 Å². The quantitative estimate of drug-likeness (QED) is 0.297. The van der Waals surface area contributed by atoms with Gasteiger partial charge in [0.1, 0.15) is 0 Å². The molecule has 0 amide bonds. The summed E-state index contributed by atoms with van der Waals surface area (Å²) in [7, 11) is 0. The van der Waals surface area contributed by atoms with Gasteiger partial charge in [-0.2, -0.15) is 0 Å². The van der Waals surface area contributed by atoms with Crippen LogP contribution in [-0.2, 0) is 0 Å². The molecule has 0 fully saturated rings. The second kappa shape index (κ2) is 33.2. The second-order valence-corrected chi connectivity index (χ2v) is 7.82. The van der Waals surface area contributed by atoms with Crippen LogP contribution in [-0.4, -0.2) is 66.9 Å². The summed E-state index contributed by atoms with van der Waals surface area (Å²) in [4.78, 5) is 0. The molecule has 0 aromatic carbocycles. The van der Waals surface area contributed by atoms with Gasteiger partial charge in [0, 0.05) is 0 Å². The molecular formula is C9H15Br6Te3. The summed E-state index contributed by atoms with van der Waals surface area (Å²) in [5.74, 6) is 0. The van der Waals surface area contributed by atoms with E-state index < -0.39 is 0 Å². The molecule has 0 N–H and O–H groups in total. The van der Waals surface area contributed by atoms with E-state index in [1.807, 2.05) is 66.9 Å². The van der Waals surface area contributed by atoms with E-state index in [9.17, 15) is 0 Å². The minimum absolute atomic E-state index is 0. The molecular weight excluding hydrogens is 970 g/mol. The predicted octanol–water partition coefficient (Wildman–Crippen LogP) is 6.18. The fourth-order valence-electron chi connectivity index (χ4n) is 0. The van der Waals surface area contributed by atoms with E-state index in [0.29, 0.717) is 0 Å². The van der Waals surface area contributed by atoms with Gasteiger partial charge in [-0.25, -0.2) is 0 Å². The standard InChI is InChI=1S/3C3H4BrTe.3BrH/c3*1-3(4)2-5;;;/h3*1-2H2;3*1H. The molecule has 0 saturated carbocycles. The Kier molecular flexibility index (Phi) is 70.4. The third-order valence-corrected chi connectivity index (χ3v) is 7.76. The zero-order valence-electron chi connectivity index (χ0n) is 9.33. The van der Waals surface area contributed by atoms with Gasteiger partial charge in [0.15, 0.2) is 0 Å². The van der Waals surface area contributed by atoms with E-state index in [1.165, 1.54) is 0 Å². The van der Waals surface area contributed by atoms with E-state index in [4.69, 9.17) is 0 Å². The van der Waals surface area contributed by atoms with Crippen LogP contribution in [0, 0.1) is 0 Å². The Morgan fingerprint density at radius 1 is 0.611 bits per heavy atom. The molecule has 3 radical (unpaired) electrons. The SMILES string of the molecule is Br.Br.Br.C=C(Br)C[Te].C=C(Br)C[Te].C=C(Br)C[Te]. The van der Waals surface area contributed by atoms with Crippen LogP contribution >= 0.6 is 98.7 Å². The summed E-state index contributed by atoms with van der Waals surface area (Å²) in [6.45, 7) is 10.8. The monoisotopic (exact) mass is 986 g/mol. The summed E-state index contributed by atoms with van der Waals surface area (Å²) < 4.78 is 6.33. The summed E-state index contributed by atoms with van der Waals surface area (Å²) in [5.41, 5.74) is 0. The van der Waals surface area contributed by atoms with Gasteiger partial charge in [-0.15, -0.1) is 50.9 Å². The average Bonchev–Trinajstić information content (AvgIpc) is 2.19. The second-order valence-electron chi connectivity index (χ2n) is 1.98. The molecule has 0 aromatic heterocycles. The topological polar surface area (TPSA) is 0 Å². The molecule has 18 heavy (non-hydrogen) atoms. The van der Waals surface area contributed by atoms with Gasteiger partial charge in [-0.3, -0.25) is 0 Å². The molecule has 0 rings (SSSR count). The maximum atomic E-state index is 3.59. The van der Waals surface area contributed by atoms with E-state index in [2.05, 4.69) is 67.5 Å². The van der Waals surface area contributed by atoms with Crippen molar-refractivity contribution in [1.29, 1.82) is 0 Å². The van der Waals surface area contributed by atoms with Crippen LogP contribution in [0.5, 0.6) is 0 Å². The molecule has 0 aliphatic rings. The van der Waals surface area contributed by atoms with Crippen LogP contribution in [0.4, 0.5) is 0 Å². The Morgan fingerprint density at radius 2 is 0.667 bits per heavy atom. The van der Waals surface area contributed by atoms with E-state index in [0.717, 1.165) is 26.9 Å². The van der Waals surface area contributed by atoms with Crippen molar-refractivity contribution in [3.05, 3.63) is 33.2 Å². The van der Waals surface area contributed by atoms with Gasteiger partial charge >= 0.3 is 161 Å². The first-order chi connectivity index (χ1) is 6.81. The van der Waals surface area contributed by atoms with Crippen molar-refractivity contribution in [3.63, 3.8) is 0 Å². The van der Waals surface area contributed by atoms with Crippen molar-refractivity contribution in [1.82, 2.24) is 0 Å². The van der Waals surface area contributed by atoms with Crippen LogP contribution in [0.2, 0.25) is 13.4 Å². The van der Waals surface area contributed by atoms with Gasteiger partial charge in [0.2, 0.25) is 0 Å². The number of hydrogen-bond donors (Lipinski definition) is 0. The molecule has 0 bridgehead atoms. The maximum absolute atomic E-state index is 3.59. The molecule has 0 aliphatic carbocycles. The molecule has 111 valence electrons. The summed E-state index contributed by atoms with van der Waals surface area (Å²) >= 11 is 15.5. The molecule has 0 heterocycles. The summed E-state index contributed by atoms with van der Waals surface area (Å²) in [6.07, 6.45) is 0. The fraction of sp³-hybridized carbons (Fsp3) is 0.333. The van der Waals surface area contributed by atoms with Gasteiger partial charge in [0.25, 0.3) is 0 Å². The van der Waals surface area contributed by atoms with Gasteiger partial charge in [0.05, 0.1) is 0 Å². The first-order valence-electron chi connectivity index (χ1n) is 3.55. The molecule has 0 aliphatic heterocycles. The van der Waals surface area contributed by atoms with Crippen molar-refractivity contribution in [2.24, 2.45) is 0 Å². The van der Waals surface area contributed by atoms with Crippen molar-refractivity contribution in [3.8, 4) is 0 Å². The zero-order valence-corrected chi connectivity index (χ0v) is 26.2. The van der Waals surface area contributed by atoms with E-state index in [-0.39, 0.29) is 50.9 Å². The number of halogens is 6. The number of rotatable bonds is 3. The molecule has 0 nitrogen and oxygen atoms in total. The van der Waals surface area contributed by atoms with Crippen molar-refractivity contribution in [2.75, 3.05) is 0 Å². The normalized spacial score (nSPS) is 6.33. The van der Waals surface area contributed by atoms with E-state index in [1.54, 1.807) is 0 Å². The van der Waals surface area contributed by atoms with Crippen LogP contribution in [0.1, 0.15) is 0 Å². The van der Waals surface area contributed by atoms with Gasteiger partial charge < -0.3 is 0 Å². The van der Waals surface area contributed by atoms with Gasteiger partial charge in [-0.05, 0) is 0 Å². The van der Waals surface area contributed by atoms with Gasteiger partial charge in [-0.1, -0.05) is 0 Å². The molecule has 9 heteroatoms. The Morgan fingerprint density at radius 3 is 0.667 bits per heavy atom. The molecule has 0 atom stereocenters.